The molecule has 1 aliphatic rings. The molecule has 1 aromatic carbocycles. The average molecular weight is 692 g/mol. The predicted octanol–water partition coefficient (Wildman–Crippen LogP) is 0.884. The van der Waals surface area contributed by atoms with Gasteiger partial charge >= 0.3 is 0 Å². The Labute approximate surface area is 293 Å². The van der Waals surface area contributed by atoms with Gasteiger partial charge in [0.05, 0.1) is 32.5 Å². The minimum absolute atomic E-state index is 0.0104. The summed E-state index contributed by atoms with van der Waals surface area (Å²) in [6.07, 6.45) is 12.9. The minimum atomic E-state index is -0.362. The van der Waals surface area contributed by atoms with Crippen LogP contribution in [-0.4, -0.2) is 125 Å². The van der Waals surface area contributed by atoms with Crippen molar-refractivity contribution in [1.82, 2.24) is 40.3 Å². The number of aromatic nitrogens is 3. The summed E-state index contributed by atoms with van der Waals surface area (Å²) in [5, 5.41) is 7.28. The van der Waals surface area contributed by atoms with Crippen LogP contribution in [-0.2, 0) is 32.0 Å². The highest BCUT2D eigenvalue weighted by atomic mass is 16.2. The Balaban J connectivity index is 1.41. The Morgan fingerprint density at radius 1 is 0.920 bits per heavy atom. The molecule has 15 nitrogen and oxygen atoms in total. The van der Waals surface area contributed by atoms with Gasteiger partial charge in [0.1, 0.15) is 0 Å². The summed E-state index contributed by atoms with van der Waals surface area (Å²) in [7, 11) is 1.57. The van der Waals surface area contributed by atoms with Gasteiger partial charge in [0.15, 0.2) is 5.96 Å². The zero-order valence-corrected chi connectivity index (χ0v) is 29.2. The number of aromatic amines is 2. The monoisotopic (exact) mass is 691 g/mol. The lowest BCUT2D eigenvalue weighted by atomic mass is 9.95. The number of carbonyl (C=O) groups is 4. The smallest absolute Gasteiger partial charge is 0.242 e. The van der Waals surface area contributed by atoms with E-state index in [2.05, 4.69) is 30.6 Å². The van der Waals surface area contributed by atoms with Crippen LogP contribution in [0.5, 0.6) is 0 Å². The fourth-order valence-electron chi connectivity index (χ4n) is 6.12. The molecule has 0 atom stereocenters. The van der Waals surface area contributed by atoms with E-state index in [1.807, 2.05) is 30.5 Å². The highest BCUT2D eigenvalue weighted by Gasteiger charge is 2.25. The van der Waals surface area contributed by atoms with Crippen molar-refractivity contribution in [3.63, 3.8) is 0 Å². The molecule has 4 amide bonds. The summed E-state index contributed by atoms with van der Waals surface area (Å²) < 4.78 is 0. The fourth-order valence-corrected chi connectivity index (χ4v) is 6.12. The normalized spacial score (nSPS) is 13.1. The predicted molar refractivity (Wildman–Crippen MR) is 193 cm³/mol. The third kappa shape index (κ3) is 12.5. The van der Waals surface area contributed by atoms with E-state index in [0.29, 0.717) is 45.3 Å². The summed E-state index contributed by atoms with van der Waals surface area (Å²) in [6.45, 7) is 1.04. The summed E-state index contributed by atoms with van der Waals surface area (Å²) in [6, 6.07) is 8.08. The van der Waals surface area contributed by atoms with Gasteiger partial charge in [-0.1, -0.05) is 37.5 Å². The standard InChI is InChI=1S/C35H53N11O4/c1-44(22-31(47)43-27-9-3-2-4-10-27)33(49)23-45(17-8-7-15-40-35(36)37)34(50)24-46(32(48)21-38-16-13-28-20-39-25-42-28)18-14-26-19-41-30-12-6-5-11-29(26)30/h5-6,11-12,19-20,25,27,38,41H,2-4,7-10,13-18,21-24H2,1H3,(H,39,42)(H,43,47)(H4,36,37,40). The molecule has 1 fully saturated rings. The van der Waals surface area contributed by atoms with Crippen LogP contribution in [0.25, 0.3) is 10.9 Å². The summed E-state index contributed by atoms with van der Waals surface area (Å²) in [5.74, 6) is -1.16. The number of hydrogen-bond acceptors (Lipinski definition) is 7. The summed E-state index contributed by atoms with van der Waals surface area (Å²) >= 11 is 0. The number of imidazole rings is 1. The molecule has 1 saturated carbocycles. The zero-order valence-electron chi connectivity index (χ0n) is 29.2. The van der Waals surface area contributed by atoms with E-state index in [0.717, 1.165) is 47.8 Å². The van der Waals surface area contributed by atoms with Crippen molar-refractivity contribution >= 4 is 40.5 Å². The van der Waals surface area contributed by atoms with Crippen LogP contribution in [0.2, 0.25) is 0 Å². The molecule has 0 spiro atoms. The van der Waals surface area contributed by atoms with Crippen LogP contribution in [0.3, 0.4) is 0 Å². The van der Waals surface area contributed by atoms with Crippen molar-refractivity contribution in [2.24, 2.45) is 16.5 Å². The van der Waals surface area contributed by atoms with E-state index in [1.54, 1.807) is 24.5 Å². The average Bonchev–Trinajstić information content (AvgIpc) is 3.78. The topological polar surface area (TPSA) is 211 Å². The van der Waals surface area contributed by atoms with Gasteiger partial charge in [-0.15, -0.1) is 0 Å². The summed E-state index contributed by atoms with van der Waals surface area (Å²) in [5.41, 5.74) is 13.9. The van der Waals surface area contributed by atoms with Gasteiger partial charge in [0, 0.05) is 74.7 Å². The van der Waals surface area contributed by atoms with Crippen LogP contribution in [0.15, 0.2) is 48.0 Å². The van der Waals surface area contributed by atoms with Crippen molar-refractivity contribution in [1.29, 1.82) is 0 Å². The van der Waals surface area contributed by atoms with E-state index in [9.17, 15) is 19.2 Å². The molecular formula is C35H53N11O4. The molecule has 0 bridgehead atoms. The fraction of sp³-hybridized carbons (Fsp3) is 0.543. The lowest BCUT2D eigenvalue weighted by Gasteiger charge is -2.29. The molecule has 15 heteroatoms. The number of H-pyrrole nitrogens is 2. The summed E-state index contributed by atoms with van der Waals surface area (Å²) in [4.78, 5) is 72.3. The quantitative estimate of drug-likeness (QED) is 0.0568. The van der Waals surface area contributed by atoms with E-state index >= 15 is 0 Å². The zero-order chi connectivity index (χ0) is 35.7. The third-order valence-electron chi connectivity index (χ3n) is 8.99. The lowest BCUT2D eigenvalue weighted by molar-refractivity contribution is -0.144. The second-order valence-electron chi connectivity index (χ2n) is 12.9. The molecule has 0 radical (unpaired) electrons. The number of nitrogens with two attached hydrogens (primary N) is 2. The number of benzene rings is 1. The number of guanidine groups is 1. The molecule has 0 saturated heterocycles. The number of aliphatic imine (C=N–C) groups is 1. The molecule has 2 heterocycles. The molecule has 272 valence electrons. The molecule has 0 aliphatic heterocycles. The molecule has 8 N–H and O–H groups in total. The first-order chi connectivity index (χ1) is 24.2. The highest BCUT2D eigenvalue weighted by Crippen LogP contribution is 2.19. The van der Waals surface area contributed by atoms with Gasteiger partial charge < -0.3 is 46.8 Å². The van der Waals surface area contributed by atoms with Gasteiger partial charge in [-0.05, 0) is 43.7 Å². The number of unbranched alkanes of at least 4 members (excludes halogenated alkanes) is 1. The largest absolute Gasteiger partial charge is 0.370 e. The van der Waals surface area contributed by atoms with E-state index in [4.69, 9.17) is 11.5 Å². The number of fused-ring (bicyclic) bond motifs is 1. The van der Waals surface area contributed by atoms with Gasteiger partial charge in [-0.3, -0.25) is 24.2 Å². The Morgan fingerprint density at radius 3 is 2.44 bits per heavy atom. The van der Waals surface area contributed by atoms with E-state index in [1.165, 1.54) is 16.2 Å². The molecular weight excluding hydrogens is 638 g/mol. The molecule has 50 heavy (non-hydrogen) atoms. The number of carbonyl (C=O) groups excluding carboxylic acids is 4. The van der Waals surface area contributed by atoms with Crippen molar-refractivity contribution in [3.05, 3.63) is 54.2 Å². The second-order valence-corrected chi connectivity index (χ2v) is 12.9. The van der Waals surface area contributed by atoms with Crippen LogP contribution in [0.1, 0.15) is 56.2 Å². The lowest BCUT2D eigenvalue weighted by Crippen LogP contribution is -2.50. The van der Waals surface area contributed by atoms with Crippen molar-refractivity contribution < 1.29 is 19.2 Å². The Bertz CT molecular complexity index is 1540. The van der Waals surface area contributed by atoms with Crippen molar-refractivity contribution in [2.45, 2.75) is 63.8 Å². The number of nitrogens with zero attached hydrogens (tertiary/aromatic N) is 5. The van der Waals surface area contributed by atoms with Gasteiger partial charge in [-0.25, -0.2) is 4.98 Å². The molecule has 3 aromatic rings. The maximum atomic E-state index is 13.9. The first-order valence-electron chi connectivity index (χ1n) is 17.6. The number of rotatable bonds is 20. The first-order valence-corrected chi connectivity index (χ1v) is 17.6. The maximum absolute atomic E-state index is 13.9. The molecule has 4 rings (SSSR count). The van der Waals surface area contributed by atoms with Gasteiger partial charge in [0.25, 0.3) is 0 Å². The number of likely N-dealkylation sites (N-methyl/N-ethyl adjacent to an activating group) is 1. The van der Waals surface area contributed by atoms with E-state index in [-0.39, 0.29) is 68.4 Å². The second kappa shape index (κ2) is 19.9. The number of nitrogens with one attached hydrogen (secondary N) is 4. The van der Waals surface area contributed by atoms with Crippen LogP contribution in [0.4, 0.5) is 0 Å². The van der Waals surface area contributed by atoms with E-state index < -0.39 is 0 Å². The van der Waals surface area contributed by atoms with Crippen LogP contribution in [0, 0.1) is 0 Å². The number of hydrogen-bond donors (Lipinski definition) is 6. The Morgan fingerprint density at radius 2 is 1.68 bits per heavy atom. The maximum Gasteiger partial charge on any atom is 0.242 e. The SMILES string of the molecule is CN(CC(=O)NC1CCCCC1)C(=O)CN(CCCCN=C(N)N)C(=O)CN(CCc1c[nH]c2ccccc12)C(=O)CNCCc1cnc[nH]1. The van der Waals surface area contributed by atoms with Crippen molar-refractivity contribution in [3.8, 4) is 0 Å². The van der Waals surface area contributed by atoms with Crippen LogP contribution >= 0.6 is 0 Å². The first kappa shape index (κ1) is 37.9. The van der Waals surface area contributed by atoms with Crippen LogP contribution < -0.4 is 22.1 Å². The molecule has 1 aliphatic carbocycles. The minimum Gasteiger partial charge on any atom is -0.370 e. The van der Waals surface area contributed by atoms with Gasteiger partial charge in [0.2, 0.25) is 23.6 Å². The Hall–Kier alpha value is -4.92. The number of para-hydroxylation sites is 1. The Kier molecular flexibility index (Phi) is 15.1. The highest BCUT2D eigenvalue weighted by molar-refractivity contribution is 5.90. The van der Waals surface area contributed by atoms with Gasteiger partial charge in [-0.2, -0.15) is 0 Å². The molecule has 2 aromatic heterocycles. The molecule has 0 unspecified atom stereocenters. The third-order valence-corrected chi connectivity index (χ3v) is 8.99. The number of amides is 4. The van der Waals surface area contributed by atoms with Crippen molar-refractivity contribution in [2.75, 3.05) is 59.4 Å².